The van der Waals surface area contributed by atoms with E-state index in [0.717, 1.165) is 42.9 Å². The van der Waals surface area contributed by atoms with Crippen molar-refractivity contribution in [1.82, 2.24) is 35.0 Å². The molecule has 3 heterocycles. The predicted octanol–water partition coefficient (Wildman–Crippen LogP) is 2.27. The summed E-state index contributed by atoms with van der Waals surface area (Å²) in [6.45, 7) is 11.2. The van der Waals surface area contributed by atoms with Crippen LogP contribution in [0.4, 0.5) is 23.5 Å². The first-order valence-electron chi connectivity index (χ1n) is 11.5. The van der Waals surface area contributed by atoms with Gasteiger partial charge in [0.05, 0.1) is 0 Å². The topological polar surface area (TPSA) is 129 Å². The number of hydrogen-bond acceptors (Lipinski definition) is 9. The van der Waals surface area contributed by atoms with Crippen LogP contribution in [-0.2, 0) is 7.05 Å². The Balaban J connectivity index is 1.66. The molecule has 4 rings (SSSR count). The van der Waals surface area contributed by atoms with E-state index in [2.05, 4.69) is 51.8 Å². The van der Waals surface area contributed by atoms with Gasteiger partial charge in [0.15, 0.2) is 5.82 Å². The number of aryl methyl sites for hydroxylation is 2. The van der Waals surface area contributed by atoms with Gasteiger partial charge in [-0.05, 0) is 36.9 Å². The summed E-state index contributed by atoms with van der Waals surface area (Å²) in [6, 6.07) is 6.11. The smallest absolute Gasteiger partial charge is 0.343 e. The Morgan fingerprint density at radius 3 is 2.62 bits per heavy atom. The zero-order chi connectivity index (χ0) is 24.5. The third-order valence-electron chi connectivity index (χ3n) is 5.60. The maximum atomic E-state index is 11.8. The molecule has 3 aromatic rings. The van der Waals surface area contributed by atoms with Gasteiger partial charge in [0, 0.05) is 44.5 Å². The first-order valence-corrected chi connectivity index (χ1v) is 11.5. The summed E-state index contributed by atoms with van der Waals surface area (Å²) in [5.41, 5.74) is 2.46. The van der Waals surface area contributed by atoms with Crippen molar-refractivity contribution in [2.75, 3.05) is 42.2 Å². The van der Waals surface area contributed by atoms with Crippen molar-refractivity contribution in [2.24, 2.45) is 12.5 Å². The molecule has 1 saturated heterocycles. The summed E-state index contributed by atoms with van der Waals surface area (Å²) < 4.78 is 1.28. The number of nitrogens with zero attached hydrogens (tertiary/aromatic N) is 6. The summed E-state index contributed by atoms with van der Waals surface area (Å²) in [5, 5.41) is 14.4. The first kappa shape index (κ1) is 23.7. The Morgan fingerprint density at radius 1 is 1.21 bits per heavy atom. The standard InChI is InChI=1S/C23H34N10O/c1-14-7-8-15(18-27-22(34)33(6)31-18)11-17(14)26-20-28-19(25-16-9-10-24-12-16)29-21(30-20)32(5)13-23(2,3)4/h7-8,11,16,24H,9-10,12-13H2,1-6H3,(H,27,31,34)(H2,25,26,28,29,30)/t16-/m1/s1. The lowest BCUT2D eigenvalue weighted by atomic mass is 9.96. The average molecular weight is 467 g/mol. The third-order valence-corrected chi connectivity index (χ3v) is 5.60. The molecule has 1 fully saturated rings. The Hall–Kier alpha value is -3.47. The fraction of sp³-hybridized carbons (Fsp3) is 0.522. The second kappa shape index (κ2) is 9.41. The zero-order valence-corrected chi connectivity index (χ0v) is 20.7. The number of aromatic amines is 1. The molecule has 1 aliphatic heterocycles. The van der Waals surface area contributed by atoms with Crippen molar-refractivity contribution in [3.63, 3.8) is 0 Å². The van der Waals surface area contributed by atoms with E-state index >= 15 is 0 Å². The number of H-pyrrole nitrogens is 1. The highest BCUT2D eigenvalue weighted by Crippen LogP contribution is 2.26. The van der Waals surface area contributed by atoms with Gasteiger partial charge in [-0.25, -0.2) is 9.48 Å². The molecule has 0 bridgehead atoms. The van der Waals surface area contributed by atoms with E-state index < -0.39 is 0 Å². The maximum absolute atomic E-state index is 11.8. The summed E-state index contributed by atoms with van der Waals surface area (Å²) in [6.07, 6.45) is 1.02. The van der Waals surface area contributed by atoms with Gasteiger partial charge in [0.2, 0.25) is 17.8 Å². The van der Waals surface area contributed by atoms with Crippen molar-refractivity contribution in [3.05, 3.63) is 34.2 Å². The van der Waals surface area contributed by atoms with Crippen LogP contribution in [0, 0.1) is 12.3 Å². The minimum atomic E-state index is -0.258. The molecule has 0 amide bonds. The van der Waals surface area contributed by atoms with Crippen LogP contribution in [0.5, 0.6) is 0 Å². The Bertz CT molecular complexity index is 1200. The van der Waals surface area contributed by atoms with Crippen LogP contribution in [0.15, 0.2) is 23.0 Å². The number of hydrogen-bond donors (Lipinski definition) is 4. The second-order valence-corrected chi connectivity index (χ2v) is 10.1. The van der Waals surface area contributed by atoms with Gasteiger partial charge in [-0.1, -0.05) is 32.9 Å². The molecule has 1 aromatic carbocycles. The fourth-order valence-corrected chi connectivity index (χ4v) is 3.96. The van der Waals surface area contributed by atoms with Gasteiger partial charge >= 0.3 is 5.69 Å². The number of aromatic nitrogens is 6. The van der Waals surface area contributed by atoms with E-state index in [-0.39, 0.29) is 17.1 Å². The van der Waals surface area contributed by atoms with Crippen molar-refractivity contribution < 1.29 is 0 Å². The molecule has 4 N–H and O–H groups in total. The first-order chi connectivity index (χ1) is 16.1. The highest BCUT2D eigenvalue weighted by atomic mass is 16.1. The largest absolute Gasteiger partial charge is 0.350 e. The Kier molecular flexibility index (Phi) is 6.56. The van der Waals surface area contributed by atoms with Gasteiger partial charge < -0.3 is 20.9 Å². The van der Waals surface area contributed by atoms with Crippen LogP contribution in [-0.4, -0.2) is 62.4 Å². The lowest BCUT2D eigenvalue weighted by Crippen LogP contribution is -2.31. The van der Waals surface area contributed by atoms with Crippen LogP contribution in [0.3, 0.4) is 0 Å². The molecule has 1 aliphatic rings. The third kappa shape index (κ3) is 5.71. The number of nitrogens with one attached hydrogen (secondary N) is 4. The summed E-state index contributed by atoms with van der Waals surface area (Å²) in [5.74, 6) is 2.11. The molecule has 0 aliphatic carbocycles. The normalized spacial score (nSPS) is 16.0. The van der Waals surface area contributed by atoms with E-state index in [1.807, 2.05) is 37.1 Å². The average Bonchev–Trinajstić information content (AvgIpc) is 3.38. The number of rotatable bonds is 7. The van der Waals surface area contributed by atoms with Gasteiger partial charge in [-0.15, -0.1) is 0 Å². The van der Waals surface area contributed by atoms with Gasteiger partial charge in [0.1, 0.15) is 0 Å². The molecular formula is C23H34N10O. The molecule has 0 saturated carbocycles. The Labute approximate surface area is 199 Å². The SMILES string of the molecule is Cc1ccc(-c2nn(C)c(=O)[nH]2)cc1Nc1nc(N[C@@H]2CCNC2)nc(N(C)CC(C)(C)C)n1. The molecule has 11 nitrogen and oxygen atoms in total. The Morgan fingerprint density at radius 2 is 1.97 bits per heavy atom. The highest BCUT2D eigenvalue weighted by molar-refractivity contribution is 5.68. The van der Waals surface area contributed by atoms with E-state index in [1.165, 1.54) is 4.68 Å². The van der Waals surface area contributed by atoms with Crippen LogP contribution in [0.1, 0.15) is 32.8 Å². The second-order valence-electron chi connectivity index (χ2n) is 10.1. The minimum absolute atomic E-state index is 0.0858. The van der Waals surface area contributed by atoms with E-state index in [4.69, 9.17) is 9.97 Å². The van der Waals surface area contributed by atoms with Crippen molar-refractivity contribution in [1.29, 1.82) is 0 Å². The lowest BCUT2D eigenvalue weighted by Gasteiger charge is -2.27. The van der Waals surface area contributed by atoms with E-state index in [9.17, 15) is 4.79 Å². The zero-order valence-electron chi connectivity index (χ0n) is 20.7. The summed E-state index contributed by atoms with van der Waals surface area (Å²) in [7, 11) is 3.61. The maximum Gasteiger partial charge on any atom is 0.343 e. The molecule has 1 atom stereocenters. The van der Waals surface area contributed by atoms with E-state index in [0.29, 0.717) is 23.7 Å². The van der Waals surface area contributed by atoms with Crippen molar-refractivity contribution >= 4 is 23.5 Å². The quantitative estimate of drug-likeness (QED) is 0.414. The predicted molar refractivity (Wildman–Crippen MR) is 135 cm³/mol. The van der Waals surface area contributed by atoms with Crippen LogP contribution >= 0.6 is 0 Å². The van der Waals surface area contributed by atoms with Crippen LogP contribution in [0.2, 0.25) is 0 Å². The molecule has 0 unspecified atom stereocenters. The molecule has 0 spiro atoms. The summed E-state index contributed by atoms with van der Waals surface area (Å²) in [4.78, 5) is 30.7. The molecule has 34 heavy (non-hydrogen) atoms. The van der Waals surface area contributed by atoms with Gasteiger partial charge in [-0.2, -0.15) is 20.1 Å². The molecule has 182 valence electrons. The molecule has 11 heteroatoms. The van der Waals surface area contributed by atoms with E-state index in [1.54, 1.807) is 7.05 Å². The van der Waals surface area contributed by atoms with Gasteiger partial charge in [-0.3, -0.25) is 4.98 Å². The number of anilines is 4. The molecule has 2 aromatic heterocycles. The minimum Gasteiger partial charge on any atom is -0.350 e. The van der Waals surface area contributed by atoms with Crippen LogP contribution in [0.25, 0.3) is 11.4 Å². The molecule has 0 radical (unpaired) electrons. The summed E-state index contributed by atoms with van der Waals surface area (Å²) >= 11 is 0. The van der Waals surface area contributed by atoms with Crippen molar-refractivity contribution in [3.8, 4) is 11.4 Å². The van der Waals surface area contributed by atoms with Crippen LogP contribution < -0.4 is 26.5 Å². The monoisotopic (exact) mass is 466 g/mol. The highest BCUT2D eigenvalue weighted by Gasteiger charge is 2.20. The molecular weight excluding hydrogens is 432 g/mol. The van der Waals surface area contributed by atoms with Gasteiger partial charge in [0.25, 0.3) is 0 Å². The fourth-order valence-electron chi connectivity index (χ4n) is 3.96. The number of benzene rings is 1. The lowest BCUT2D eigenvalue weighted by molar-refractivity contribution is 0.416. The van der Waals surface area contributed by atoms with Crippen molar-refractivity contribution in [2.45, 2.75) is 40.2 Å².